The second-order valence-electron chi connectivity index (χ2n) is 7.92. The van der Waals surface area contributed by atoms with Gasteiger partial charge in [-0.1, -0.05) is 61.4 Å². The van der Waals surface area contributed by atoms with Gasteiger partial charge in [-0.15, -0.1) is 0 Å². The Labute approximate surface area is 148 Å². The van der Waals surface area contributed by atoms with Crippen LogP contribution in [0.4, 0.5) is 0 Å². The quantitative estimate of drug-likeness (QED) is 0.715. The molecule has 0 amide bonds. The lowest BCUT2D eigenvalue weighted by Gasteiger charge is -2.35. The first kappa shape index (κ1) is 14.8. The molecule has 1 atom stereocenters. The zero-order valence-corrected chi connectivity index (χ0v) is 14.9. The summed E-state index contributed by atoms with van der Waals surface area (Å²) in [6.07, 6.45) is 5.76. The van der Waals surface area contributed by atoms with E-state index in [1.807, 2.05) is 0 Å². The predicted molar refractivity (Wildman–Crippen MR) is 101 cm³/mol. The lowest BCUT2D eigenvalue weighted by molar-refractivity contribution is 0.174. The summed E-state index contributed by atoms with van der Waals surface area (Å²) in [5.74, 6) is 2.12. The molecule has 0 aromatic heterocycles. The molecule has 0 spiro atoms. The molecule has 0 saturated heterocycles. The maximum absolute atomic E-state index is 5.64. The van der Waals surface area contributed by atoms with Crippen molar-refractivity contribution in [3.8, 4) is 11.5 Å². The second kappa shape index (κ2) is 5.01. The molecule has 0 fully saturated rings. The average Bonchev–Trinajstić information content (AvgIpc) is 3.27. The molecule has 1 heterocycles. The van der Waals surface area contributed by atoms with Crippen molar-refractivity contribution in [3.05, 3.63) is 69.8 Å². The summed E-state index contributed by atoms with van der Waals surface area (Å²) in [6.45, 7) is 7.34. The molecule has 0 saturated carbocycles. The molecule has 2 heteroatoms. The first-order valence-electron chi connectivity index (χ1n) is 8.95. The minimum absolute atomic E-state index is 0.0541. The smallest absolute Gasteiger partial charge is 0.231 e. The van der Waals surface area contributed by atoms with Crippen molar-refractivity contribution in [1.29, 1.82) is 0 Å². The largest absolute Gasteiger partial charge is 0.454 e. The molecule has 2 aromatic carbocycles. The predicted octanol–water partition coefficient (Wildman–Crippen LogP) is 5.58. The summed E-state index contributed by atoms with van der Waals surface area (Å²) in [4.78, 5) is 0. The van der Waals surface area contributed by atoms with Crippen molar-refractivity contribution in [3.63, 3.8) is 0 Å². The Bertz CT molecular complexity index is 947. The minimum atomic E-state index is 0.0541. The van der Waals surface area contributed by atoms with Gasteiger partial charge in [0.25, 0.3) is 0 Å². The first-order valence-corrected chi connectivity index (χ1v) is 8.95. The topological polar surface area (TPSA) is 18.5 Å². The molecular weight excluding hydrogens is 308 g/mol. The van der Waals surface area contributed by atoms with Crippen LogP contribution in [0.1, 0.15) is 48.9 Å². The van der Waals surface area contributed by atoms with Gasteiger partial charge in [-0.2, -0.15) is 0 Å². The molecule has 126 valence electrons. The fraction of sp³-hybridized carbons (Fsp3) is 0.304. The van der Waals surface area contributed by atoms with Gasteiger partial charge in [0, 0.05) is 5.92 Å². The highest BCUT2D eigenvalue weighted by molar-refractivity contribution is 5.73. The van der Waals surface area contributed by atoms with Gasteiger partial charge < -0.3 is 9.47 Å². The summed E-state index contributed by atoms with van der Waals surface area (Å²) in [5.41, 5.74) is 8.43. The number of ether oxygens (including phenoxy) is 2. The normalized spacial score (nSPS) is 20.2. The Hall–Kier alpha value is -2.48. The molecule has 1 aliphatic heterocycles. The lowest BCUT2D eigenvalue weighted by atomic mass is 9.68. The summed E-state index contributed by atoms with van der Waals surface area (Å²) in [6, 6.07) is 13.1. The summed E-state index contributed by atoms with van der Waals surface area (Å²) >= 11 is 0. The van der Waals surface area contributed by atoms with E-state index in [4.69, 9.17) is 9.47 Å². The maximum atomic E-state index is 5.64. The lowest BCUT2D eigenvalue weighted by Crippen LogP contribution is -2.24. The number of allylic oxidation sites excluding steroid dienone is 2. The van der Waals surface area contributed by atoms with Crippen LogP contribution in [0.2, 0.25) is 0 Å². The molecule has 2 aliphatic carbocycles. The monoisotopic (exact) mass is 330 g/mol. The summed E-state index contributed by atoms with van der Waals surface area (Å²) < 4.78 is 11.2. The fourth-order valence-corrected chi connectivity index (χ4v) is 4.76. The van der Waals surface area contributed by atoms with Crippen molar-refractivity contribution in [2.45, 2.75) is 33.1 Å². The molecule has 3 aliphatic rings. The van der Waals surface area contributed by atoms with Gasteiger partial charge in [-0.05, 0) is 53.1 Å². The molecule has 2 nitrogen and oxygen atoms in total. The summed E-state index contributed by atoms with van der Waals surface area (Å²) in [7, 11) is 0. The third kappa shape index (κ3) is 2.10. The number of hydrogen-bond acceptors (Lipinski definition) is 2. The Kier molecular flexibility index (Phi) is 2.97. The van der Waals surface area contributed by atoms with Crippen LogP contribution in [0.15, 0.2) is 47.5 Å². The van der Waals surface area contributed by atoms with Crippen LogP contribution in [0.3, 0.4) is 0 Å². The van der Waals surface area contributed by atoms with Crippen molar-refractivity contribution in [1.82, 2.24) is 0 Å². The third-order valence-corrected chi connectivity index (χ3v) is 6.04. The number of fused-ring (bicyclic) bond motifs is 3. The second-order valence-corrected chi connectivity index (χ2v) is 7.92. The van der Waals surface area contributed by atoms with Crippen molar-refractivity contribution in [2.24, 2.45) is 5.41 Å². The van der Waals surface area contributed by atoms with Gasteiger partial charge in [0.15, 0.2) is 11.5 Å². The van der Waals surface area contributed by atoms with Crippen LogP contribution in [-0.2, 0) is 6.42 Å². The molecule has 2 aromatic rings. The maximum Gasteiger partial charge on any atom is 0.231 e. The van der Waals surface area contributed by atoms with Gasteiger partial charge in [0.1, 0.15) is 0 Å². The van der Waals surface area contributed by atoms with Gasteiger partial charge in [0.05, 0.1) is 0 Å². The van der Waals surface area contributed by atoms with E-state index in [0.29, 0.717) is 12.7 Å². The van der Waals surface area contributed by atoms with Crippen LogP contribution in [0, 0.1) is 5.41 Å². The molecule has 0 radical (unpaired) electrons. The highest BCUT2D eigenvalue weighted by Crippen LogP contribution is 2.54. The van der Waals surface area contributed by atoms with E-state index < -0.39 is 0 Å². The van der Waals surface area contributed by atoms with E-state index in [-0.39, 0.29) is 5.41 Å². The molecular formula is C23H22O2. The Morgan fingerprint density at radius 1 is 0.960 bits per heavy atom. The minimum Gasteiger partial charge on any atom is -0.454 e. The van der Waals surface area contributed by atoms with Gasteiger partial charge in [-0.3, -0.25) is 0 Å². The fourth-order valence-electron chi connectivity index (χ4n) is 4.76. The Morgan fingerprint density at radius 2 is 1.72 bits per heavy atom. The summed E-state index contributed by atoms with van der Waals surface area (Å²) in [5, 5.41) is 0. The third-order valence-electron chi connectivity index (χ3n) is 6.04. The van der Waals surface area contributed by atoms with Crippen molar-refractivity contribution >= 4 is 12.2 Å². The highest BCUT2D eigenvalue weighted by atomic mass is 16.7. The number of benzene rings is 2. The molecule has 5 rings (SSSR count). The SMILES string of the molecule is CC1=Cc2cc3c(cc2C1C(C)(C)C1=Cc2ccccc2C1)OCO3. The number of hydrogen-bond donors (Lipinski definition) is 0. The van der Waals surface area contributed by atoms with E-state index in [0.717, 1.165) is 17.9 Å². The van der Waals surface area contributed by atoms with E-state index in [1.54, 1.807) is 0 Å². The standard InChI is InChI=1S/C23H22O2/c1-14-8-17-11-20-21(25-13-24-20)12-19(17)22(14)23(2,3)18-9-15-6-4-5-7-16(15)10-18/h4-9,11-12,22H,10,13H2,1-3H3. The molecule has 0 bridgehead atoms. The zero-order valence-electron chi connectivity index (χ0n) is 14.9. The van der Waals surface area contributed by atoms with E-state index in [9.17, 15) is 0 Å². The van der Waals surface area contributed by atoms with Gasteiger partial charge >= 0.3 is 0 Å². The molecule has 25 heavy (non-hydrogen) atoms. The van der Waals surface area contributed by atoms with E-state index in [2.05, 4.69) is 69.3 Å². The Morgan fingerprint density at radius 3 is 2.52 bits per heavy atom. The van der Waals surface area contributed by atoms with Crippen LogP contribution >= 0.6 is 0 Å². The highest BCUT2D eigenvalue weighted by Gasteiger charge is 2.40. The van der Waals surface area contributed by atoms with Gasteiger partial charge in [-0.25, -0.2) is 0 Å². The van der Waals surface area contributed by atoms with Crippen LogP contribution in [0.5, 0.6) is 11.5 Å². The molecule has 1 unspecified atom stereocenters. The average molecular weight is 330 g/mol. The first-order chi connectivity index (χ1) is 12.0. The van der Waals surface area contributed by atoms with Crippen LogP contribution in [-0.4, -0.2) is 6.79 Å². The van der Waals surface area contributed by atoms with Gasteiger partial charge in [0.2, 0.25) is 6.79 Å². The zero-order chi connectivity index (χ0) is 17.2. The number of rotatable bonds is 2. The van der Waals surface area contributed by atoms with Crippen LogP contribution in [0.25, 0.3) is 12.2 Å². The molecule has 0 N–H and O–H groups in total. The van der Waals surface area contributed by atoms with E-state index in [1.165, 1.54) is 33.4 Å². The van der Waals surface area contributed by atoms with Crippen molar-refractivity contribution < 1.29 is 9.47 Å². The Balaban J connectivity index is 1.57. The van der Waals surface area contributed by atoms with Crippen LogP contribution < -0.4 is 9.47 Å². The van der Waals surface area contributed by atoms with E-state index >= 15 is 0 Å². The van der Waals surface area contributed by atoms with Crippen molar-refractivity contribution in [2.75, 3.05) is 6.79 Å².